The Labute approximate surface area is 121 Å². The van der Waals surface area contributed by atoms with Gasteiger partial charge in [0, 0.05) is 4.88 Å². The Bertz CT molecular complexity index is 902. The van der Waals surface area contributed by atoms with E-state index in [0.29, 0.717) is 10.2 Å². The van der Waals surface area contributed by atoms with Crippen molar-refractivity contribution in [3.05, 3.63) is 50.2 Å². The molecule has 1 amide bonds. The topological polar surface area (TPSA) is 80.0 Å². The molecule has 0 aliphatic carbocycles. The van der Waals surface area contributed by atoms with Crippen LogP contribution in [0.25, 0.3) is 10.2 Å². The van der Waals surface area contributed by atoms with Crippen molar-refractivity contribution in [1.29, 1.82) is 0 Å². The van der Waals surface area contributed by atoms with E-state index < -0.39 is 5.91 Å². The minimum absolute atomic E-state index is 0.105. The summed E-state index contributed by atoms with van der Waals surface area (Å²) in [7, 11) is 0. The van der Waals surface area contributed by atoms with E-state index in [4.69, 9.17) is 16.6 Å². The summed E-state index contributed by atoms with van der Waals surface area (Å²) in [4.78, 5) is 28.8. The summed E-state index contributed by atoms with van der Waals surface area (Å²) in [6.07, 6.45) is 1.38. The average molecular weight is 307 g/mol. The number of aryl methyl sites for hydroxylation is 1. The SMILES string of the molecule is Cc1cc2c(=O)n(NC(=O)c3ccco3)c(=S)[nH]c2s1. The van der Waals surface area contributed by atoms with E-state index >= 15 is 0 Å². The molecule has 0 fully saturated rings. The third-order valence-electron chi connectivity index (χ3n) is 2.67. The molecule has 3 aromatic rings. The first kappa shape index (κ1) is 12.8. The fraction of sp³-hybridized carbons (Fsp3) is 0.0833. The fourth-order valence-corrected chi connectivity index (χ4v) is 3.00. The summed E-state index contributed by atoms with van der Waals surface area (Å²) in [6.45, 7) is 1.90. The maximum absolute atomic E-state index is 12.3. The van der Waals surface area contributed by atoms with Gasteiger partial charge in [-0.3, -0.25) is 15.0 Å². The second-order valence-corrected chi connectivity index (χ2v) is 5.73. The van der Waals surface area contributed by atoms with Crippen LogP contribution < -0.4 is 11.0 Å². The molecule has 0 aliphatic rings. The molecule has 0 radical (unpaired) electrons. The van der Waals surface area contributed by atoms with Gasteiger partial charge >= 0.3 is 5.91 Å². The molecule has 0 aromatic carbocycles. The zero-order valence-electron chi connectivity index (χ0n) is 10.3. The van der Waals surface area contributed by atoms with Crippen molar-refractivity contribution in [2.24, 2.45) is 0 Å². The molecule has 0 aliphatic heterocycles. The van der Waals surface area contributed by atoms with Crippen LogP contribution in [-0.4, -0.2) is 15.6 Å². The number of thiophene rings is 1. The first-order valence-electron chi connectivity index (χ1n) is 5.66. The number of hydrogen-bond acceptors (Lipinski definition) is 5. The summed E-state index contributed by atoms with van der Waals surface area (Å²) in [5, 5.41) is 0.487. The molecule has 8 heteroatoms. The lowest BCUT2D eigenvalue weighted by atomic mass is 10.4. The lowest BCUT2D eigenvalue weighted by Crippen LogP contribution is -2.34. The molecule has 0 saturated carbocycles. The van der Waals surface area contributed by atoms with Gasteiger partial charge in [0.05, 0.1) is 11.6 Å². The van der Waals surface area contributed by atoms with Gasteiger partial charge in [-0.25, -0.2) is 0 Å². The molecule has 102 valence electrons. The molecule has 6 nitrogen and oxygen atoms in total. The van der Waals surface area contributed by atoms with Gasteiger partial charge in [-0.2, -0.15) is 4.68 Å². The summed E-state index contributed by atoms with van der Waals surface area (Å²) in [5.41, 5.74) is 2.06. The molecule has 2 N–H and O–H groups in total. The fourth-order valence-electron chi connectivity index (χ4n) is 1.80. The smallest absolute Gasteiger partial charge is 0.305 e. The summed E-state index contributed by atoms with van der Waals surface area (Å²) in [5.74, 6) is -0.434. The van der Waals surface area contributed by atoms with Crippen LogP contribution in [-0.2, 0) is 0 Å². The van der Waals surface area contributed by atoms with Gasteiger partial charge in [0.25, 0.3) is 5.56 Å². The first-order valence-corrected chi connectivity index (χ1v) is 6.89. The van der Waals surface area contributed by atoms with Crippen molar-refractivity contribution in [2.75, 3.05) is 5.43 Å². The van der Waals surface area contributed by atoms with E-state index in [1.165, 1.54) is 23.7 Å². The minimum atomic E-state index is -0.539. The number of carbonyl (C=O) groups excluding carboxylic acids is 1. The molecule has 0 spiro atoms. The number of furan rings is 1. The Morgan fingerprint density at radius 2 is 2.35 bits per heavy atom. The number of amides is 1. The number of hydrogen-bond donors (Lipinski definition) is 2. The third kappa shape index (κ3) is 2.08. The molecule has 3 aromatic heterocycles. The lowest BCUT2D eigenvalue weighted by molar-refractivity contribution is 0.0980. The first-order chi connectivity index (χ1) is 9.56. The van der Waals surface area contributed by atoms with Crippen molar-refractivity contribution in [3.8, 4) is 0 Å². The summed E-state index contributed by atoms with van der Waals surface area (Å²) in [6, 6.07) is 4.84. The quantitative estimate of drug-likeness (QED) is 0.713. The van der Waals surface area contributed by atoms with Gasteiger partial charge < -0.3 is 9.40 Å². The molecule has 0 saturated heterocycles. The second kappa shape index (κ2) is 4.73. The van der Waals surface area contributed by atoms with E-state index in [-0.39, 0.29) is 16.1 Å². The maximum Gasteiger partial charge on any atom is 0.305 e. The minimum Gasteiger partial charge on any atom is -0.459 e. The van der Waals surface area contributed by atoms with Crippen LogP contribution in [0.5, 0.6) is 0 Å². The van der Waals surface area contributed by atoms with E-state index in [0.717, 1.165) is 9.55 Å². The van der Waals surface area contributed by atoms with Gasteiger partial charge in [-0.1, -0.05) is 0 Å². The number of nitrogens with zero attached hydrogens (tertiary/aromatic N) is 1. The van der Waals surface area contributed by atoms with Crippen molar-refractivity contribution < 1.29 is 9.21 Å². The molecular weight excluding hydrogens is 298 g/mol. The highest BCUT2D eigenvalue weighted by atomic mass is 32.1. The summed E-state index contributed by atoms with van der Waals surface area (Å²) < 4.78 is 6.11. The highest BCUT2D eigenvalue weighted by Gasteiger charge is 2.13. The second-order valence-electron chi connectivity index (χ2n) is 4.09. The maximum atomic E-state index is 12.3. The molecule has 20 heavy (non-hydrogen) atoms. The normalized spacial score (nSPS) is 10.8. The highest BCUT2D eigenvalue weighted by molar-refractivity contribution is 7.71. The van der Waals surface area contributed by atoms with Crippen LogP contribution in [0.3, 0.4) is 0 Å². The van der Waals surface area contributed by atoms with Crippen LogP contribution in [0.1, 0.15) is 15.4 Å². The predicted molar refractivity (Wildman–Crippen MR) is 78.4 cm³/mol. The zero-order chi connectivity index (χ0) is 14.3. The number of rotatable bonds is 2. The number of nitrogens with one attached hydrogen (secondary N) is 2. The lowest BCUT2D eigenvalue weighted by Gasteiger charge is -2.06. The molecule has 0 unspecified atom stereocenters. The highest BCUT2D eigenvalue weighted by Crippen LogP contribution is 2.19. The monoisotopic (exact) mass is 307 g/mol. The van der Waals surface area contributed by atoms with Crippen molar-refractivity contribution in [1.82, 2.24) is 9.66 Å². The van der Waals surface area contributed by atoms with Crippen LogP contribution in [0.15, 0.2) is 33.7 Å². The molecular formula is C12H9N3O3S2. The van der Waals surface area contributed by atoms with E-state index in [1.807, 2.05) is 6.92 Å². The Kier molecular flexibility index (Phi) is 3.03. The van der Waals surface area contributed by atoms with Gasteiger partial charge in [0.15, 0.2) is 5.76 Å². The van der Waals surface area contributed by atoms with Gasteiger partial charge in [0.2, 0.25) is 4.77 Å². The molecule has 3 rings (SSSR count). The van der Waals surface area contributed by atoms with E-state index in [1.54, 1.807) is 12.1 Å². The van der Waals surface area contributed by atoms with Gasteiger partial charge in [0.1, 0.15) is 4.83 Å². The Hall–Kier alpha value is -2.19. The summed E-state index contributed by atoms with van der Waals surface area (Å²) >= 11 is 6.53. The van der Waals surface area contributed by atoms with Crippen LogP contribution in [0, 0.1) is 11.7 Å². The predicted octanol–water partition coefficient (Wildman–Crippen LogP) is 2.41. The molecule has 0 bridgehead atoms. The largest absolute Gasteiger partial charge is 0.459 e. The Morgan fingerprint density at radius 3 is 3.05 bits per heavy atom. The van der Waals surface area contributed by atoms with Crippen LogP contribution >= 0.6 is 23.6 Å². The third-order valence-corrected chi connectivity index (χ3v) is 3.92. The van der Waals surface area contributed by atoms with Crippen LogP contribution in [0.2, 0.25) is 0 Å². The standard InChI is InChI=1S/C12H9N3O3S2/c1-6-5-7-10(20-6)13-12(19)15(11(7)17)14-9(16)8-3-2-4-18-8/h2-5H,1H3,(H,13,19)(H,14,16). The van der Waals surface area contributed by atoms with Crippen molar-refractivity contribution in [3.63, 3.8) is 0 Å². The molecule has 0 atom stereocenters. The number of carbonyl (C=O) groups is 1. The number of aromatic nitrogens is 2. The molecule has 3 heterocycles. The average Bonchev–Trinajstić information content (AvgIpc) is 3.03. The van der Waals surface area contributed by atoms with Crippen molar-refractivity contribution >= 4 is 39.7 Å². The number of fused-ring (bicyclic) bond motifs is 1. The zero-order valence-corrected chi connectivity index (χ0v) is 11.9. The number of aromatic amines is 1. The van der Waals surface area contributed by atoms with Gasteiger partial charge in [-0.15, -0.1) is 11.3 Å². The van der Waals surface area contributed by atoms with Crippen LogP contribution in [0.4, 0.5) is 0 Å². The number of H-pyrrole nitrogens is 1. The Balaban J connectivity index is 2.10. The Morgan fingerprint density at radius 1 is 1.55 bits per heavy atom. The van der Waals surface area contributed by atoms with Gasteiger partial charge in [-0.05, 0) is 37.3 Å². The van der Waals surface area contributed by atoms with Crippen molar-refractivity contribution in [2.45, 2.75) is 6.92 Å². The van der Waals surface area contributed by atoms with E-state index in [9.17, 15) is 9.59 Å². The van der Waals surface area contributed by atoms with E-state index in [2.05, 4.69) is 10.4 Å².